The summed E-state index contributed by atoms with van der Waals surface area (Å²) in [6, 6.07) is 7.17. The third kappa shape index (κ3) is 2.28. The van der Waals surface area contributed by atoms with E-state index in [-0.39, 0.29) is 5.91 Å². The number of amides is 1. The van der Waals surface area contributed by atoms with E-state index in [4.69, 9.17) is 4.42 Å². The summed E-state index contributed by atoms with van der Waals surface area (Å²) in [6.45, 7) is 3.80. The zero-order chi connectivity index (χ0) is 15.0. The average molecular weight is 297 g/mol. The lowest BCUT2D eigenvalue weighted by Crippen LogP contribution is -2.11. The zero-order valence-corrected chi connectivity index (χ0v) is 12.2. The second kappa shape index (κ2) is 5.04. The molecule has 1 aromatic carbocycles. The van der Waals surface area contributed by atoms with Crippen LogP contribution in [0.15, 0.2) is 29.0 Å². The third-order valence-corrected chi connectivity index (χ3v) is 4.44. The Balaban J connectivity index is 1.93. The second-order valence-electron chi connectivity index (χ2n) is 4.59. The topological polar surface area (TPSA) is 78.9 Å². The van der Waals surface area contributed by atoms with Gasteiger partial charge in [0.1, 0.15) is 16.6 Å². The van der Waals surface area contributed by atoms with E-state index in [1.165, 1.54) is 17.7 Å². The molecule has 0 radical (unpaired) electrons. The maximum atomic E-state index is 12.3. The van der Waals surface area contributed by atoms with Gasteiger partial charge in [0.2, 0.25) is 0 Å². The highest BCUT2D eigenvalue weighted by Crippen LogP contribution is 2.32. The lowest BCUT2D eigenvalue weighted by molar-refractivity contribution is 0.102. The third-order valence-electron chi connectivity index (χ3n) is 3.32. The number of anilines is 1. The van der Waals surface area contributed by atoms with Crippen LogP contribution in [0.5, 0.6) is 0 Å². The van der Waals surface area contributed by atoms with Gasteiger partial charge in [0.15, 0.2) is 12.0 Å². The number of aromatic nitrogens is 1. The van der Waals surface area contributed by atoms with Crippen molar-refractivity contribution in [3.05, 3.63) is 46.2 Å². The number of hydrogen-bond donors (Lipinski definition) is 1. The number of oxazole rings is 1. The fraction of sp³-hybridized carbons (Fsp3) is 0.133. The highest BCUT2D eigenvalue weighted by atomic mass is 32.1. The summed E-state index contributed by atoms with van der Waals surface area (Å²) in [4.78, 5) is 17.3. The molecule has 0 aliphatic heterocycles. The van der Waals surface area contributed by atoms with Crippen molar-refractivity contribution in [3.63, 3.8) is 0 Å². The van der Waals surface area contributed by atoms with E-state index in [0.29, 0.717) is 27.2 Å². The first-order valence-corrected chi connectivity index (χ1v) is 7.06. The monoisotopic (exact) mass is 297 g/mol. The number of carbonyl (C=O) groups is 1. The standard InChI is InChI=1S/C15H11N3O2S/c1-8-9(2)21-15(11(8)6-16)18-14(19)10-3-4-13-12(5-10)17-7-20-13/h3-5,7H,1-2H3,(H,18,19). The van der Waals surface area contributed by atoms with Crippen molar-refractivity contribution in [1.29, 1.82) is 5.26 Å². The smallest absolute Gasteiger partial charge is 0.256 e. The number of fused-ring (bicyclic) bond motifs is 1. The van der Waals surface area contributed by atoms with Crippen LogP contribution >= 0.6 is 11.3 Å². The van der Waals surface area contributed by atoms with Gasteiger partial charge in [-0.05, 0) is 37.6 Å². The van der Waals surface area contributed by atoms with Gasteiger partial charge >= 0.3 is 0 Å². The number of benzene rings is 1. The first kappa shape index (κ1) is 13.3. The van der Waals surface area contributed by atoms with Crippen molar-refractivity contribution in [2.75, 3.05) is 5.32 Å². The van der Waals surface area contributed by atoms with Crippen LogP contribution in [0.2, 0.25) is 0 Å². The maximum absolute atomic E-state index is 12.3. The van der Waals surface area contributed by atoms with Crippen molar-refractivity contribution >= 4 is 33.3 Å². The fourth-order valence-electron chi connectivity index (χ4n) is 2.02. The van der Waals surface area contributed by atoms with Gasteiger partial charge in [0.05, 0.1) is 5.56 Å². The molecule has 0 unspecified atom stereocenters. The predicted molar refractivity (Wildman–Crippen MR) is 80.5 cm³/mol. The molecule has 0 bridgehead atoms. The van der Waals surface area contributed by atoms with Crippen LogP contribution in [0, 0.1) is 25.2 Å². The highest BCUT2D eigenvalue weighted by molar-refractivity contribution is 7.16. The molecule has 104 valence electrons. The number of carbonyl (C=O) groups excluding carboxylic acids is 1. The molecular formula is C15H11N3O2S. The summed E-state index contributed by atoms with van der Waals surface area (Å²) in [5, 5.41) is 12.6. The Morgan fingerprint density at radius 2 is 2.24 bits per heavy atom. The molecule has 0 atom stereocenters. The Morgan fingerprint density at radius 1 is 1.43 bits per heavy atom. The largest absolute Gasteiger partial charge is 0.443 e. The number of nitriles is 1. The van der Waals surface area contributed by atoms with Crippen molar-refractivity contribution in [2.24, 2.45) is 0 Å². The molecule has 6 heteroatoms. The van der Waals surface area contributed by atoms with Gasteiger partial charge in [-0.25, -0.2) is 4.98 Å². The molecule has 0 aliphatic rings. The Kier molecular flexibility index (Phi) is 3.20. The highest BCUT2D eigenvalue weighted by Gasteiger charge is 2.16. The summed E-state index contributed by atoms with van der Waals surface area (Å²) < 4.78 is 5.14. The van der Waals surface area contributed by atoms with E-state index in [1.807, 2.05) is 13.8 Å². The first-order chi connectivity index (χ1) is 10.1. The van der Waals surface area contributed by atoms with Crippen LogP contribution < -0.4 is 5.32 Å². The van der Waals surface area contributed by atoms with E-state index >= 15 is 0 Å². The molecule has 21 heavy (non-hydrogen) atoms. The minimum absolute atomic E-state index is 0.266. The van der Waals surface area contributed by atoms with Gasteiger partial charge in [0.25, 0.3) is 5.91 Å². The predicted octanol–water partition coefficient (Wildman–Crippen LogP) is 3.63. The first-order valence-electron chi connectivity index (χ1n) is 6.25. The maximum Gasteiger partial charge on any atom is 0.256 e. The molecule has 3 aromatic rings. The second-order valence-corrected chi connectivity index (χ2v) is 5.81. The molecule has 0 spiro atoms. The van der Waals surface area contributed by atoms with Crippen molar-refractivity contribution in [2.45, 2.75) is 13.8 Å². The van der Waals surface area contributed by atoms with Crippen LogP contribution in [-0.4, -0.2) is 10.9 Å². The molecule has 0 aliphatic carbocycles. The van der Waals surface area contributed by atoms with Gasteiger partial charge < -0.3 is 9.73 Å². The summed E-state index contributed by atoms with van der Waals surface area (Å²) in [7, 11) is 0. The molecule has 3 rings (SSSR count). The Labute approximate surface area is 124 Å². The van der Waals surface area contributed by atoms with Crippen LogP contribution in [0.1, 0.15) is 26.4 Å². The van der Waals surface area contributed by atoms with Gasteiger partial charge in [-0.2, -0.15) is 5.26 Å². The minimum atomic E-state index is -0.266. The van der Waals surface area contributed by atoms with E-state index in [0.717, 1.165) is 10.4 Å². The van der Waals surface area contributed by atoms with E-state index in [2.05, 4.69) is 16.4 Å². The number of rotatable bonds is 2. The number of nitrogens with zero attached hydrogens (tertiary/aromatic N) is 2. The number of hydrogen-bond acceptors (Lipinski definition) is 5. The number of thiophene rings is 1. The van der Waals surface area contributed by atoms with Crippen molar-refractivity contribution in [3.8, 4) is 6.07 Å². The van der Waals surface area contributed by atoms with Gasteiger partial charge in [-0.1, -0.05) is 0 Å². The Bertz CT molecular complexity index is 886. The van der Waals surface area contributed by atoms with Crippen molar-refractivity contribution < 1.29 is 9.21 Å². The lowest BCUT2D eigenvalue weighted by atomic mass is 10.1. The van der Waals surface area contributed by atoms with Gasteiger partial charge in [0, 0.05) is 10.4 Å². The Morgan fingerprint density at radius 3 is 3.00 bits per heavy atom. The summed E-state index contributed by atoms with van der Waals surface area (Å²) >= 11 is 1.41. The molecule has 0 saturated heterocycles. The number of nitrogens with one attached hydrogen (secondary N) is 1. The molecule has 5 nitrogen and oxygen atoms in total. The molecular weight excluding hydrogens is 286 g/mol. The molecule has 1 amide bonds. The van der Waals surface area contributed by atoms with E-state index in [1.54, 1.807) is 18.2 Å². The fourth-order valence-corrected chi connectivity index (χ4v) is 3.03. The van der Waals surface area contributed by atoms with Gasteiger partial charge in [-0.3, -0.25) is 4.79 Å². The quantitative estimate of drug-likeness (QED) is 0.783. The Hall–Kier alpha value is -2.65. The molecule has 0 fully saturated rings. The van der Waals surface area contributed by atoms with E-state index in [9.17, 15) is 10.1 Å². The molecule has 1 N–H and O–H groups in total. The summed E-state index contributed by atoms with van der Waals surface area (Å²) in [5.74, 6) is -0.266. The van der Waals surface area contributed by atoms with Gasteiger partial charge in [-0.15, -0.1) is 11.3 Å². The number of aryl methyl sites for hydroxylation is 1. The lowest BCUT2D eigenvalue weighted by Gasteiger charge is -2.03. The summed E-state index contributed by atoms with van der Waals surface area (Å²) in [5.41, 5.74) is 3.16. The average Bonchev–Trinajstić information content (AvgIpc) is 3.03. The van der Waals surface area contributed by atoms with Crippen LogP contribution in [-0.2, 0) is 0 Å². The van der Waals surface area contributed by atoms with Crippen LogP contribution in [0.3, 0.4) is 0 Å². The molecule has 2 heterocycles. The summed E-state index contributed by atoms with van der Waals surface area (Å²) in [6.07, 6.45) is 1.34. The SMILES string of the molecule is Cc1sc(NC(=O)c2ccc3ocnc3c2)c(C#N)c1C. The molecule has 0 saturated carbocycles. The van der Waals surface area contributed by atoms with Crippen LogP contribution in [0.4, 0.5) is 5.00 Å². The normalized spacial score (nSPS) is 10.5. The minimum Gasteiger partial charge on any atom is -0.443 e. The van der Waals surface area contributed by atoms with Crippen LogP contribution in [0.25, 0.3) is 11.1 Å². The zero-order valence-electron chi connectivity index (χ0n) is 11.4. The molecule has 2 aromatic heterocycles. The van der Waals surface area contributed by atoms with Crippen molar-refractivity contribution in [1.82, 2.24) is 4.98 Å². The van der Waals surface area contributed by atoms with E-state index < -0.39 is 0 Å².